The molecule has 0 radical (unpaired) electrons. The van der Waals surface area contributed by atoms with Gasteiger partial charge in [-0.25, -0.2) is 0 Å². The number of nitrogens with one attached hydrogen (secondary N) is 1. The highest BCUT2D eigenvalue weighted by Crippen LogP contribution is 2.22. The van der Waals surface area contributed by atoms with Crippen LogP contribution in [0.5, 0.6) is 5.75 Å². The summed E-state index contributed by atoms with van der Waals surface area (Å²) in [5.74, 6) is 0.653. The summed E-state index contributed by atoms with van der Waals surface area (Å²) in [7, 11) is 0. The van der Waals surface area contributed by atoms with E-state index >= 15 is 0 Å². The number of H-pyrrole nitrogens is 1. The number of rotatable bonds is 3. The smallest absolute Gasteiger partial charge is 0.275 e. The van der Waals surface area contributed by atoms with E-state index in [1.54, 1.807) is 17.0 Å². The number of aromatic amines is 1. The van der Waals surface area contributed by atoms with E-state index in [2.05, 4.69) is 10.2 Å². The summed E-state index contributed by atoms with van der Waals surface area (Å²) >= 11 is 11.8. The normalized spacial score (nSPS) is 15.8. The number of hydrogen-bond acceptors (Lipinski definition) is 3. The molecule has 2 aromatic rings. The highest BCUT2D eigenvalue weighted by Gasteiger charge is 2.27. The molecule has 2 heterocycles. The molecule has 1 saturated heterocycles. The van der Waals surface area contributed by atoms with E-state index in [4.69, 9.17) is 27.9 Å². The van der Waals surface area contributed by atoms with E-state index in [0.29, 0.717) is 23.1 Å². The van der Waals surface area contributed by atoms with Crippen LogP contribution in [0, 0.1) is 0 Å². The Balaban J connectivity index is 1.55. The molecule has 22 heavy (non-hydrogen) atoms. The van der Waals surface area contributed by atoms with Gasteiger partial charge in [0.1, 0.15) is 11.9 Å². The van der Waals surface area contributed by atoms with E-state index in [1.165, 1.54) is 6.20 Å². The second-order valence-corrected chi connectivity index (χ2v) is 5.99. The zero-order valence-corrected chi connectivity index (χ0v) is 13.3. The Morgan fingerprint density at radius 2 is 1.91 bits per heavy atom. The number of halogens is 2. The lowest BCUT2D eigenvalue weighted by Crippen LogP contribution is -2.42. The number of carbonyl (C=O) groups is 1. The quantitative estimate of drug-likeness (QED) is 0.932. The maximum atomic E-state index is 12.3. The van der Waals surface area contributed by atoms with Crippen molar-refractivity contribution in [3.8, 4) is 5.75 Å². The number of piperidine rings is 1. The molecule has 0 atom stereocenters. The van der Waals surface area contributed by atoms with Gasteiger partial charge in [-0.15, -0.1) is 0 Å². The number of likely N-dealkylation sites (tertiary alicyclic amines) is 1. The average Bonchev–Trinajstić information content (AvgIpc) is 2.96. The summed E-state index contributed by atoms with van der Waals surface area (Å²) in [5, 5.41) is 7.53. The Hall–Kier alpha value is -1.72. The Labute approximate surface area is 138 Å². The molecule has 7 heteroatoms. The first kappa shape index (κ1) is 15.2. The Kier molecular flexibility index (Phi) is 4.55. The lowest BCUT2D eigenvalue weighted by atomic mass is 10.1. The Bertz CT molecular complexity index is 649. The molecule has 1 aliphatic rings. The first-order valence-corrected chi connectivity index (χ1v) is 7.80. The number of nitrogens with zero attached hydrogens (tertiary/aromatic N) is 2. The van der Waals surface area contributed by atoms with E-state index in [0.717, 1.165) is 18.6 Å². The minimum absolute atomic E-state index is 0.0971. The first-order chi connectivity index (χ1) is 10.6. The van der Waals surface area contributed by atoms with Gasteiger partial charge in [0.15, 0.2) is 5.69 Å². The van der Waals surface area contributed by atoms with Crippen LogP contribution in [-0.4, -0.2) is 40.2 Å². The predicted octanol–water partition coefficient (Wildman–Crippen LogP) is 3.40. The van der Waals surface area contributed by atoms with Crippen LogP contribution in [0.2, 0.25) is 10.0 Å². The number of amides is 1. The lowest BCUT2D eigenvalue weighted by molar-refractivity contribution is 0.0590. The van der Waals surface area contributed by atoms with Gasteiger partial charge in [-0.3, -0.25) is 9.89 Å². The lowest BCUT2D eigenvalue weighted by Gasteiger charge is -2.31. The van der Waals surface area contributed by atoms with Crippen LogP contribution in [0.15, 0.2) is 30.5 Å². The number of carbonyl (C=O) groups excluding carboxylic acids is 1. The third-order valence-electron chi connectivity index (χ3n) is 3.64. The first-order valence-electron chi connectivity index (χ1n) is 7.04. The van der Waals surface area contributed by atoms with E-state index in [9.17, 15) is 4.79 Å². The second-order valence-electron chi connectivity index (χ2n) is 5.15. The van der Waals surface area contributed by atoms with Crippen LogP contribution in [0.4, 0.5) is 0 Å². The highest BCUT2D eigenvalue weighted by molar-refractivity contribution is 6.33. The summed E-state index contributed by atoms with van der Waals surface area (Å²) in [4.78, 5) is 14.0. The molecule has 0 aliphatic carbocycles. The predicted molar refractivity (Wildman–Crippen MR) is 84.6 cm³/mol. The number of aromatic nitrogens is 2. The fourth-order valence-electron chi connectivity index (χ4n) is 2.46. The molecule has 3 rings (SSSR count). The minimum atomic E-state index is -0.142. The fourth-order valence-corrected chi connectivity index (χ4v) is 2.76. The van der Waals surface area contributed by atoms with E-state index < -0.39 is 0 Å². The summed E-state index contributed by atoms with van der Waals surface area (Å²) in [5.41, 5.74) is 0.277. The number of hydrogen-bond donors (Lipinski definition) is 1. The largest absolute Gasteiger partial charge is 0.490 e. The van der Waals surface area contributed by atoms with Crippen molar-refractivity contribution < 1.29 is 9.53 Å². The van der Waals surface area contributed by atoms with Crippen molar-refractivity contribution in [2.75, 3.05) is 13.1 Å². The van der Waals surface area contributed by atoms with Gasteiger partial charge in [0.2, 0.25) is 0 Å². The maximum Gasteiger partial charge on any atom is 0.275 e. The molecule has 1 aromatic carbocycles. The molecular weight excluding hydrogens is 325 g/mol. The third-order valence-corrected chi connectivity index (χ3v) is 4.18. The zero-order valence-electron chi connectivity index (χ0n) is 11.8. The molecule has 0 bridgehead atoms. The molecule has 1 N–H and O–H groups in total. The number of ether oxygens (including phenoxy) is 1. The van der Waals surface area contributed by atoms with Gasteiger partial charge in [-0.05, 0) is 24.3 Å². The van der Waals surface area contributed by atoms with Crippen molar-refractivity contribution in [1.82, 2.24) is 15.1 Å². The Morgan fingerprint density at radius 3 is 2.50 bits per heavy atom. The van der Waals surface area contributed by atoms with Crippen molar-refractivity contribution in [1.29, 1.82) is 0 Å². The van der Waals surface area contributed by atoms with Crippen LogP contribution < -0.4 is 4.74 Å². The summed E-state index contributed by atoms with van der Waals surface area (Å²) in [6.07, 6.45) is 3.15. The fraction of sp³-hybridized carbons (Fsp3) is 0.333. The SMILES string of the molecule is O=C(c1n[nH]cc1Cl)N1CCC(Oc2ccc(Cl)cc2)CC1. The van der Waals surface area contributed by atoms with Crippen LogP contribution in [0.25, 0.3) is 0 Å². The molecule has 0 spiro atoms. The average molecular weight is 340 g/mol. The summed E-state index contributed by atoms with van der Waals surface area (Å²) in [6.45, 7) is 1.25. The van der Waals surface area contributed by atoms with Crippen molar-refractivity contribution in [2.24, 2.45) is 0 Å². The highest BCUT2D eigenvalue weighted by atomic mass is 35.5. The molecular formula is C15H15Cl2N3O2. The van der Waals surface area contributed by atoms with Gasteiger partial charge in [-0.2, -0.15) is 5.10 Å². The molecule has 0 saturated carbocycles. The van der Waals surface area contributed by atoms with Crippen LogP contribution in [-0.2, 0) is 0 Å². The number of benzene rings is 1. The van der Waals surface area contributed by atoms with Gasteiger partial charge < -0.3 is 9.64 Å². The van der Waals surface area contributed by atoms with Gasteiger partial charge >= 0.3 is 0 Å². The van der Waals surface area contributed by atoms with Crippen LogP contribution >= 0.6 is 23.2 Å². The van der Waals surface area contributed by atoms with E-state index in [1.807, 2.05) is 12.1 Å². The Morgan fingerprint density at radius 1 is 1.23 bits per heavy atom. The van der Waals surface area contributed by atoms with Gasteiger partial charge in [-0.1, -0.05) is 23.2 Å². The van der Waals surface area contributed by atoms with Crippen molar-refractivity contribution >= 4 is 29.1 Å². The van der Waals surface area contributed by atoms with Gasteiger partial charge in [0.25, 0.3) is 5.91 Å². The zero-order chi connectivity index (χ0) is 15.5. The molecule has 1 amide bonds. The molecule has 1 fully saturated rings. The maximum absolute atomic E-state index is 12.3. The minimum Gasteiger partial charge on any atom is -0.490 e. The van der Waals surface area contributed by atoms with E-state index in [-0.39, 0.29) is 17.7 Å². The molecule has 116 valence electrons. The van der Waals surface area contributed by atoms with Crippen LogP contribution in [0.1, 0.15) is 23.3 Å². The summed E-state index contributed by atoms with van der Waals surface area (Å²) in [6, 6.07) is 7.30. The van der Waals surface area contributed by atoms with Gasteiger partial charge in [0.05, 0.1) is 5.02 Å². The molecule has 5 nitrogen and oxygen atoms in total. The monoisotopic (exact) mass is 339 g/mol. The van der Waals surface area contributed by atoms with Crippen LogP contribution in [0.3, 0.4) is 0 Å². The standard InChI is InChI=1S/C15H15Cl2N3O2/c16-10-1-3-11(4-2-10)22-12-5-7-20(8-6-12)15(21)14-13(17)9-18-19-14/h1-4,9,12H,5-8H2,(H,18,19). The molecule has 1 aromatic heterocycles. The molecule has 1 aliphatic heterocycles. The van der Waals surface area contributed by atoms with Crippen molar-refractivity contribution in [3.63, 3.8) is 0 Å². The van der Waals surface area contributed by atoms with Gasteiger partial charge in [0, 0.05) is 37.2 Å². The second kappa shape index (κ2) is 6.58. The molecule has 0 unspecified atom stereocenters. The summed E-state index contributed by atoms with van der Waals surface area (Å²) < 4.78 is 5.91. The third kappa shape index (κ3) is 3.36. The topological polar surface area (TPSA) is 58.2 Å². The van der Waals surface area contributed by atoms with Crippen molar-refractivity contribution in [3.05, 3.63) is 46.2 Å². The van der Waals surface area contributed by atoms with Crippen molar-refractivity contribution in [2.45, 2.75) is 18.9 Å².